The lowest BCUT2D eigenvalue weighted by Crippen LogP contribution is -2.36. The molecule has 0 aromatic heterocycles. The van der Waals surface area contributed by atoms with Crippen LogP contribution in [0, 0.1) is 11.7 Å². The van der Waals surface area contributed by atoms with Gasteiger partial charge in [-0.25, -0.2) is 4.39 Å². The van der Waals surface area contributed by atoms with E-state index in [1.54, 1.807) is 24.1 Å². The van der Waals surface area contributed by atoms with Gasteiger partial charge >= 0.3 is 0 Å². The van der Waals surface area contributed by atoms with Crippen molar-refractivity contribution in [2.45, 2.75) is 20.4 Å². The largest absolute Gasteiger partial charge is 0.399 e. The summed E-state index contributed by atoms with van der Waals surface area (Å²) in [5.74, 6) is 0.0327. The zero-order valence-corrected chi connectivity index (χ0v) is 11.7. The van der Waals surface area contributed by atoms with Crippen molar-refractivity contribution in [3.8, 4) is 0 Å². The van der Waals surface area contributed by atoms with E-state index in [0.717, 1.165) is 0 Å². The summed E-state index contributed by atoms with van der Waals surface area (Å²) >= 11 is 0. The van der Waals surface area contributed by atoms with E-state index in [1.807, 2.05) is 13.8 Å². The van der Waals surface area contributed by atoms with Crippen LogP contribution in [0.25, 0.3) is 0 Å². The molecule has 0 saturated carbocycles. The fourth-order valence-corrected chi connectivity index (χ4v) is 1.66. The molecule has 5 heteroatoms. The van der Waals surface area contributed by atoms with E-state index in [0.29, 0.717) is 30.3 Å². The highest BCUT2D eigenvalue weighted by Crippen LogP contribution is 2.13. The first-order valence-electron chi connectivity index (χ1n) is 6.37. The van der Waals surface area contributed by atoms with Crippen LogP contribution in [0.2, 0.25) is 0 Å². The van der Waals surface area contributed by atoms with E-state index < -0.39 is 0 Å². The SMILES string of the molecule is CC(C)CNC(=O)CN(C)Cc1ccc(N)cc1F. The van der Waals surface area contributed by atoms with Crippen LogP contribution in [0.3, 0.4) is 0 Å². The van der Waals surface area contributed by atoms with Gasteiger partial charge in [-0.1, -0.05) is 19.9 Å². The minimum Gasteiger partial charge on any atom is -0.399 e. The molecule has 0 radical (unpaired) electrons. The van der Waals surface area contributed by atoms with E-state index in [2.05, 4.69) is 5.32 Å². The van der Waals surface area contributed by atoms with E-state index in [9.17, 15) is 9.18 Å². The van der Waals surface area contributed by atoms with E-state index >= 15 is 0 Å². The number of hydrogen-bond donors (Lipinski definition) is 2. The Kier molecular flexibility index (Phi) is 5.76. The Morgan fingerprint density at radius 1 is 1.47 bits per heavy atom. The maximum Gasteiger partial charge on any atom is 0.234 e. The third kappa shape index (κ3) is 5.70. The molecule has 0 aliphatic heterocycles. The Balaban J connectivity index is 2.46. The third-order valence-electron chi connectivity index (χ3n) is 2.64. The topological polar surface area (TPSA) is 58.4 Å². The number of nitrogens with one attached hydrogen (secondary N) is 1. The van der Waals surface area contributed by atoms with Crippen molar-refractivity contribution in [1.82, 2.24) is 10.2 Å². The maximum absolute atomic E-state index is 13.6. The molecule has 1 aromatic carbocycles. The zero-order chi connectivity index (χ0) is 14.4. The molecule has 0 heterocycles. The number of benzene rings is 1. The van der Waals surface area contributed by atoms with E-state index in [4.69, 9.17) is 5.73 Å². The molecule has 19 heavy (non-hydrogen) atoms. The van der Waals surface area contributed by atoms with E-state index in [1.165, 1.54) is 6.07 Å². The second-order valence-electron chi connectivity index (χ2n) is 5.22. The van der Waals surface area contributed by atoms with Crippen LogP contribution in [-0.2, 0) is 11.3 Å². The lowest BCUT2D eigenvalue weighted by Gasteiger charge is -2.17. The quantitative estimate of drug-likeness (QED) is 0.770. The van der Waals surface area contributed by atoms with Crippen molar-refractivity contribution in [3.05, 3.63) is 29.6 Å². The Hall–Kier alpha value is -1.62. The molecule has 0 saturated heterocycles. The smallest absolute Gasteiger partial charge is 0.234 e. The minimum absolute atomic E-state index is 0.0490. The van der Waals surface area contributed by atoms with Crippen molar-refractivity contribution in [2.75, 3.05) is 25.9 Å². The van der Waals surface area contributed by atoms with Crippen molar-refractivity contribution >= 4 is 11.6 Å². The summed E-state index contributed by atoms with van der Waals surface area (Å²) < 4.78 is 13.6. The molecule has 0 spiro atoms. The molecular formula is C14H22FN3O. The number of halogens is 1. The van der Waals surface area contributed by atoms with Gasteiger partial charge in [0.15, 0.2) is 0 Å². The molecule has 0 bridgehead atoms. The number of nitrogen functional groups attached to an aromatic ring is 1. The highest BCUT2D eigenvalue weighted by atomic mass is 19.1. The normalized spacial score (nSPS) is 11.1. The van der Waals surface area contributed by atoms with Gasteiger partial charge in [0.05, 0.1) is 6.54 Å². The molecule has 3 N–H and O–H groups in total. The van der Waals surface area contributed by atoms with Gasteiger partial charge in [0, 0.05) is 24.3 Å². The van der Waals surface area contributed by atoms with Gasteiger partial charge in [-0.2, -0.15) is 0 Å². The molecule has 0 aliphatic rings. The molecule has 4 nitrogen and oxygen atoms in total. The van der Waals surface area contributed by atoms with Gasteiger partial charge in [-0.15, -0.1) is 0 Å². The van der Waals surface area contributed by atoms with Crippen LogP contribution >= 0.6 is 0 Å². The van der Waals surface area contributed by atoms with Crippen LogP contribution in [0.15, 0.2) is 18.2 Å². The predicted molar refractivity (Wildman–Crippen MR) is 75.0 cm³/mol. The fourth-order valence-electron chi connectivity index (χ4n) is 1.66. The number of amides is 1. The highest BCUT2D eigenvalue weighted by molar-refractivity contribution is 5.77. The Morgan fingerprint density at radius 3 is 2.74 bits per heavy atom. The van der Waals surface area contributed by atoms with Crippen molar-refractivity contribution in [2.24, 2.45) is 5.92 Å². The Morgan fingerprint density at radius 2 is 2.16 bits per heavy atom. The predicted octanol–water partition coefficient (Wildman–Crippen LogP) is 1.61. The minimum atomic E-state index is -0.338. The standard InChI is InChI=1S/C14H22FN3O/c1-10(2)7-17-14(19)9-18(3)8-11-4-5-12(16)6-13(11)15/h4-6,10H,7-9,16H2,1-3H3,(H,17,19). The second kappa shape index (κ2) is 7.09. The highest BCUT2D eigenvalue weighted by Gasteiger charge is 2.10. The fraction of sp³-hybridized carbons (Fsp3) is 0.500. The van der Waals surface area contributed by atoms with Gasteiger partial charge in [0.25, 0.3) is 0 Å². The Labute approximate surface area is 113 Å². The van der Waals surface area contributed by atoms with Crippen molar-refractivity contribution < 1.29 is 9.18 Å². The first kappa shape index (κ1) is 15.4. The van der Waals surface area contributed by atoms with Crippen LogP contribution in [0.5, 0.6) is 0 Å². The first-order valence-corrected chi connectivity index (χ1v) is 6.37. The second-order valence-corrected chi connectivity index (χ2v) is 5.22. The van der Waals surface area contributed by atoms with Crippen molar-refractivity contribution in [1.29, 1.82) is 0 Å². The molecule has 1 amide bonds. The molecule has 0 aliphatic carbocycles. The van der Waals surface area contributed by atoms with Gasteiger partial charge in [0.2, 0.25) is 5.91 Å². The number of nitrogens with zero attached hydrogens (tertiary/aromatic N) is 1. The molecule has 0 unspecified atom stereocenters. The van der Waals surface area contributed by atoms with Crippen LogP contribution < -0.4 is 11.1 Å². The number of carbonyl (C=O) groups excluding carboxylic acids is 1. The summed E-state index contributed by atoms with van der Waals surface area (Å²) in [7, 11) is 1.78. The van der Waals surface area contributed by atoms with E-state index in [-0.39, 0.29) is 18.3 Å². The average molecular weight is 267 g/mol. The summed E-state index contributed by atoms with van der Waals surface area (Å²) in [6, 6.07) is 4.60. The third-order valence-corrected chi connectivity index (χ3v) is 2.64. The lowest BCUT2D eigenvalue weighted by molar-refractivity contribution is -0.122. The summed E-state index contributed by atoms with van der Waals surface area (Å²) in [6.45, 7) is 5.35. The monoisotopic (exact) mass is 267 g/mol. The molecule has 1 rings (SSSR count). The summed E-state index contributed by atoms with van der Waals surface area (Å²) in [5.41, 5.74) is 6.43. The summed E-state index contributed by atoms with van der Waals surface area (Å²) in [6.07, 6.45) is 0. The molecule has 106 valence electrons. The van der Waals surface area contributed by atoms with Gasteiger partial charge in [0.1, 0.15) is 5.82 Å². The zero-order valence-electron chi connectivity index (χ0n) is 11.7. The van der Waals surface area contributed by atoms with Crippen molar-refractivity contribution in [3.63, 3.8) is 0 Å². The number of hydrogen-bond acceptors (Lipinski definition) is 3. The van der Waals surface area contributed by atoms with Crippen LogP contribution in [0.1, 0.15) is 19.4 Å². The number of nitrogens with two attached hydrogens (primary N) is 1. The summed E-state index contributed by atoms with van der Waals surface area (Å²) in [5, 5.41) is 2.83. The van der Waals surface area contributed by atoms with Crippen LogP contribution in [0.4, 0.5) is 10.1 Å². The number of rotatable bonds is 6. The van der Waals surface area contributed by atoms with Gasteiger partial charge in [-0.3, -0.25) is 9.69 Å². The first-order chi connectivity index (χ1) is 8.88. The average Bonchev–Trinajstić information content (AvgIpc) is 2.30. The van der Waals surface area contributed by atoms with Crippen LogP contribution in [-0.4, -0.2) is 30.9 Å². The molecule has 0 atom stereocenters. The van der Waals surface area contributed by atoms with Gasteiger partial charge in [-0.05, 0) is 25.1 Å². The molecule has 1 aromatic rings. The van der Waals surface area contributed by atoms with Gasteiger partial charge < -0.3 is 11.1 Å². The number of anilines is 1. The number of likely N-dealkylation sites (N-methyl/N-ethyl adjacent to an activating group) is 1. The Bertz CT molecular complexity index is 435. The molecular weight excluding hydrogens is 245 g/mol. The maximum atomic E-state index is 13.6. The lowest BCUT2D eigenvalue weighted by atomic mass is 10.2. The number of carbonyl (C=O) groups is 1. The molecule has 0 fully saturated rings. The summed E-state index contributed by atoms with van der Waals surface area (Å²) in [4.78, 5) is 13.4.